The third-order valence-corrected chi connectivity index (χ3v) is 21.5. The summed E-state index contributed by atoms with van der Waals surface area (Å²) in [7, 11) is 11.5. The van der Waals surface area contributed by atoms with E-state index < -0.39 is 40.0 Å². The molecule has 0 aliphatic carbocycles. The molecule has 4 N–H and O–H groups in total. The fourth-order valence-corrected chi connectivity index (χ4v) is 16.8. The van der Waals surface area contributed by atoms with Gasteiger partial charge in [-0.05, 0) is 101 Å². The van der Waals surface area contributed by atoms with E-state index >= 15 is 0 Å². The first-order valence-electron chi connectivity index (χ1n) is 30.7. The SMILES string of the molecule is Cc1ccc(C(C)C)cc1.[CH3-].[Cl][Ru+2][Cl].[Cl][Ru+3].[HH].[NH-]C(c1ccccc1)C([NH-])c1ccccc1.[NH-][C@@H](c1ccccc1)[C@@H]([NH-])c1ccccc1.c1ccc([PH+](c2ccccc2)c2ccc3ccccc3c2-c2c([PH+](c3ccccc3)c3ccccc3)ccc3ccccc23)cc1. The van der Waals surface area contributed by atoms with Gasteiger partial charge in [0.15, 0.2) is 0 Å². The number of nitrogens with one attached hydrogen (secondary N) is 4. The van der Waals surface area contributed by atoms with E-state index in [1.807, 2.05) is 139 Å². The minimum atomic E-state index is -1.37. The minimum Gasteiger partial charge on any atom is -0.672 e. The van der Waals surface area contributed by atoms with Gasteiger partial charge >= 0.3 is 61.5 Å². The van der Waals surface area contributed by atoms with Crippen LogP contribution >= 0.6 is 44.9 Å². The second-order valence-corrected chi connectivity index (χ2v) is 29.8. The molecule has 0 bridgehead atoms. The number of hydrogen-bond acceptors (Lipinski definition) is 0. The monoisotopic (exact) mass is 1500 g/mol. The fourth-order valence-electron chi connectivity index (χ4n) is 11.2. The molecule has 0 aliphatic rings. The maximum atomic E-state index is 8.07. The summed E-state index contributed by atoms with van der Waals surface area (Å²) < 4.78 is 0. The Morgan fingerprint density at radius 2 is 0.532 bits per heavy atom. The van der Waals surface area contributed by atoms with E-state index in [1.54, 1.807) is 0 Å². The predicted octanol–water partition coefficient (Wildman–Crippen LogP) is 23.7. The van der Waals surface area contributed by atoms with Crippen molar-refractivity contribution >= 4 is 98.3 Å². The van der Waals surface area contributed by atoms with Crippen LogP contribution in [0.5, 0.6) is 0 Å². The quantitative estimate of drug-likeness (QED) is 0.0589. The molecule has 2 unspecified atom stereocenters. The smallest absolute Gasteiger partial charge is 0.111 e. The van der Waals surface area contributed by atoms with Gasteiger partial charge in [-0.15, -0.1) is 24.2 Å². The van der Waals surface area contributed by atoms with Crippen LogP contribution in [0.25, 0.3) is 55.6 Å². The summed E-state index contributed by atoms with van der Waals surface area (Å²) in [5, 5.41) is 13.6. The summed E-state index contributed by atoms with van der Waals surface area (Å²) in [6.07, 6.45) is 0. The van der Waals surface area contributed by atoms with Gasteiger partial charge in [0.25, 0.3) is 0 Å². The van der Waals surface area contributed by atoms with Gasteiger partial charge in [-0.25, -0.2) is 0 Å². The molecule has 94 heavy (non-hydrogen) atoms. The first-order valence-corrected chi connectivity index (χ1v) is 40.4. The predicted molar refractivity (Wildman–Crippen MR) is 412 cm³/mol. The number of hydrogen-bond donors (Lipinski definition) is 0. The molecule has 13 rings (SSSR count). The van der Waals surface area contributed by atoms with Gasteiger partial charge < -0.3 is 30.4 Å². The van der Waals surface area contributed by atoms with Gasteiger partial charge in [0.05, 0.1) is 15.8 Å². The largest absolute Gasteiger partial charge is 0.672 e. The van der Waals surface area contributed by atoms with Crippen molar-refractivity contribution in [1.82, 2.24) is 0 Å². The Balaban J connectivity index is 0.000000237. The molecule has 0 aliphatic heterocycles. The Bertz CT molecular complexity index is 3820. The maximum absolute atomic E-state index is 8.07. The van der Waals surface area contributed by atoms with Crippen LogP contribution in [0.1, 0.15) is 78.7 Å². The summed E-state index contributed by atoms with van der Waals surface area (Å²) in [4.78, 5) is 0. The molecule has 11 heteroatoms. The molecular formula is C83H81Cl3N4P2Ru2+2. The molecule has 0 amide bonds. The van der Waals surface area contributed by atoms with Crippen molar-refractivity contribution in [3.8, 4) is 11.1 Å². The van der Waals surface area contributed by atoms with Crippen LogP contribution in [0, 0.1) is 14.4 Å². The van der Waals surface area contributed by atoms with E-state index in [9.17, 15) is 0 Å². The van der Waals surface area contributed by atoms with Crippen molar-refractivity contribution in [3.63, 3.8) is 0 Å². The Morgan fingerprint density at radius 3 is 0.777 bits per heavy atom. The van der Waals surface area contributed by atoms with Crippen molar-refractivity contribution < 1.29 is 33.9 Å². The van der Waals surface area contributed by atoms with Gasteiger partial charge in [0.2, 0.25) is 0 Å². The van der Waals surface area contributed by atoms with Crippen LogP contribution in [0.2, 0.25) is 0 Å². The van der Waals surface area contributed by atoms with E-state index in [1.165, 1.54) is 75.6 Å². The van der Waals surface area contributed by atoms with Gasteiger partial charge in [-0.1, -0.05) is 321 Å². The molecular weight excluding hydrogens is 1420 g/mol. The zero-order chi connectivity index (χ0) is 65.7. The molecule has 13 aromatic carbocycles. The molecule has 0 saturated heterocycles. The second-order valence-electron chi connectivity index (χ2n) is 22.3. The van der Waals surface area contributed by atoms with E-state index in [-0.39, 0.29) is 24.0 Å². The van der Waals surface area contributed by atoms with Crippen LogP contribution in [0.4, 0.5) is 0 Å². The molecule has 4 atom stereocenters. The van der Waals surface area contributed by atoms with E-state index in [2.05, 4.69) is 249 Å². The van der Waals surface area contributed by atoms with Crippen LogP contribution in [0.15, 0.2) is 340 Å². The average Bonchev–Trinajstić information content (AvgIpc) is 0.735. The summed E-state index contributed by atoms with van der Waals surface area (Å²) in [5.41, 5.74) is 41.4. The van der Waals surface area contributed by atoms with E-state index in [0.29, 0.717) is 5.92 Å². The van der Waals surface area contributed by atoms with Crippen LogP contribution in [-0.2, 0) is 32.5 Å². The van der Waals surface area contributed by atoms with Crippen molar-refractivity contribution in [2.75, 3.05) is 0 Å². The number of benzene rings is 13. The zero-order valence-electron chi connectivity index (χ0n) is 53.1. The fraction of sp³-hybridized carbons (Fsp3) is 0.0964. The summed E-state index contributed by atoms with van der Waals surface area (Å²) in [6, 6.07) is 117. The normalized spacial score (nSPS) is 11.8. The summed E-state index contributed by atoms with van der Waals surface area (Å²) >= 11 is 1.48. The third-order valence-electron chi connectivity index (χ3n) is 15.9. The molecule has 4 nitrogen and oxygen atoms in total. The number of halogens is 3. The van der Waals surface area contributed by atoms with Crippen molar-refractivity contribution in [1.29, 1.82) is 0 Å². The first kappa shape index (κ1) is 74.6. The molecule has 0 fully saturated rings. The van der Waals surface area contributed by atoms with Gasteiger partial charge in [-0.2, -0.15) is 0 Å². The van der Waals surface area contributed by atoms with Crippen LogP contribution in [-0.4, -0.2) is 0 Å². The first-order chi connectivity index (χ1) is 45.6. The van der Waals surface area contributed by atoms with Crippen molar-refractivity contribution in [2.24, 2.45) is 0 Å². The second kappa shape index (κ2) is 39.9. The third kappa shape index (κ3) is 20.6. The van der Waals surface area contributed by atoms with Gasteiger partial charge in [-0.3, -0.25) is 0 Å². The van der Waals surface area contributed by atoms with Crippen molar-refractivity contribution in [2.45, 2.75) is 50.9 Å². The molecule has 0 spiro atoms. The molecule has 478 valence electrons. The summed E-state index contributed by atoms with van der Waals surface area (Å²) in [5.74, 6) is 0.653. The molecule has 13 aromatic rings. The Hall–Kier alpha value is -6.80. The Morgan fingerprint density at radius 1 is 0.309 bits per heavy atom. The zero-order valence-corrected chi connectivity index (χ0v) is 60.8. The van der Waals surface area contributed by atoms with Gasteiger partial charge in [0, 0.05) is 12.6 Å². The molecule has 0 aromatic heterocycles. The average molecular weight is 1510 g/mol. The molecule has 0 radical (unpaired) electrons. The van der Waals surface area contributed by atoms with Gasteiger partial charge in [0.1, 0.15) is 31.8 Å². The van der Waals surface area contributed by atoms with Crippen LogP contribution < -0.4 is 31.8 Å². The molecule has 0 saturated carbocycles. The standard InChI is InChI=1S/C44H32P2.2C14H14N2.C10H14.CH3.3ClH.2Ru.H2/c1-5-19-35(20-6-1)45(36-21-7-2-8-22-36)41-31-29-33-17-13-15-27-39(33)43(41)44-40-28-16-14-18-34(40)30-32-42(44)46(37-23-9-3-10-24-37)38-25-11-4-12-26-38;2*15-13(11-7-3-1-4-8-11)14(16)12-9-5-2-6-10-12;1-8(2)10-6-4-9(3)5-7-10;;;;;;;/h1-32H;2*1-10,13-16H;4-8H,1-3H3;1H3;3*1H;;;1H/q;2*-2;;-1;;;;2*+4;/p-1/t;13-,14-;;;;;;;;;/m.0........./s1. The summed E-state index contributed by atoms with van der Waals surface area (Å²) in [6.45, 7) is 6.54. The topological polar surface area (TPSA) is 95.2 Å². The minimum absolute atomic E-state index is 0. The molecule has 0 heterocycles. The maximum Gasteiger partial charge on any atom is 0.111 e. The van der Waals surface area contributed by atoms with E-state index in [4.69, 9.17) is 42.3 Å². The van der Waals surface area contributed by atoms with Crippen molar-refractivity contribution in [3.05, 3.63) is 403 Å². The van der Waals surface area contributed by atoms with Crippen LogP contribution in [0.3, 0.4) is 0 Å². The number of fused-ring (bicyclic) bond motifs is 2. The Kier molecular flexibility index (Phi) is 31.7. The number of rotatable bonds is 14. The van der Waals surface area contributed by atoms with E-state index in [0.717, 1.165) is 22.3 Å². The number of aryl methyl sites for hydroxylation is 1. The Labute approximate surface area is 592 Å².